The zero-order chi connectivity index (χ0) is 9.26. The summed E-state index contributed by atoms with van der Waals surface area (Å²) in [4.78, 5) is 5.23. The van der Waals surface area contributed by atoms with Gasteiger partial charge in [0.15, 0.2) is 0 Å². The number of nitrogens with zero attached hydrogens (tertiary/aromatic N) is 1. The van der Waals surface area contributed by atoms with Gasteiger partial charge in [-0.15, -0.1) is 0 Å². The van der Waals surface area contributed by atoms with Gasteiger partial charge in [-0.05, 0) is 23.9 Å². The van der Waals surface area contributed by atoms with E-state index >= 15 is 0 Å². The number of anilines is 1. The summed E-state index contributed by atoms with van der Waals surface area (Å²) >= 11 is 1.65. The first-order valence-electron chi connectivity index (χ1n) is 4.40. The van der Waals surface area contributed by atoms with E-state index < -0.39 is 0 Å². The lowest BCUT2D eigenvalue weighted by Crippen LogP contribution is -2.39. The Kier molecular flexibility index (Phi) is 2.42. The van der Waals surface area contributed by atoms with Crippen LogP contribution in [0.4, 0.5) is 5.69 Å². The number of fused-ring (bicyclic) bond motifs is 1. The van der Waals surface area contributed by atoms with Crippen molar-refractivity contribution in [2.45, 2.75) is 24.9 Å². The standard InChI is InChI=1S/C9H13N3S/c1-6(2)9-11-7-3-4-10-5-8(7)13-12-9/h3-6,9,11-12H,1-2H3. The van der Waals surface area contributed by atoms with Crippen molar-refractivity contribution in [1.29, 1.82) is 0 Å². The highest BCUT2D eigenvalue weighted by Gasteiger charge is 2.19. The van der Waals surface area contributed by atoms with Gasteiger partial charge in [0, 0.05) is 12.4 Å². The lowest BCUT2D eigenvalue weighted by atomic mass is 10.1. The van der Waals surface area contributed by atoms with Gasteiger partial charge < -0.3 is 5.32 Å². The Morgan fingerprint density at radius 1 is 1.54 bits per heavy atom. The highest BCUT2D eigenvalue weighted by atomic mass is 32.2. The summed E-state index contributed by atoms with van der Waals surface area (Å²) in [6.07, 6.45) is 4.03. The Morgan fingerprint density at radius 3 is 3.15 bits per heavy atom. The van der Waals surface area contributed by atoms with Gasteiger partial charge in [0.25, 0.3) is 0 Å². The number of hydrogen-bond acceptors (Lipinski definition) is 4. The van der Waals surface area contributed by atoms with Gasteiger partial charge in [-0.3, -0.25) is 4.98 Å². The largest absolute Gasteiger partial charge is 0.368 e. The fourth-order valence-electron chi connectivity index (χ4n) is 1.21. The molecule has 0 amide bonds. The average molecular weight is 195 g/mol. The van der Waals surface area contributed by atoms with E-state index in [0.29, 0.717) is 12.1 Å². The molecule has 70 valence electrons. The van der Waals surface area contributed by atoms with Crippen LogP contribution in [-0.4, -0.2) is 11.1 Å². The molecule has 3 nitrogen and oxygen atoms in total. The minimum absolute atomic E-state index is 0.347. The maximum Gasteiger partial charge on any atom is 0.0886 e. The molecule has 4 heteroatoms. The highest BCUT2D eigenvalue weighted by Crippen LogP contribution is 2.29. The molecule has 2 heterocycles. The van der Waals surface area contributed by atoms with Crippen molar-refractivity contribution in [3.8, 4) is 0 Å². The number of rotatable bonds is 1. The smallest absolute Gasteiger partial charge is 0.0886 e. The number of pyridine rings is 1. The quantitative estimate of drug-likeness (QED) is 0.673. The van der Waals surface area contributed by atoms with Gasteiger partial charge >= 0.3 is 0 Å². The fraction of sp³-hybridized carbons (Fsp3) is 0.444. The molecule has 1 atom stereocenters. The SMILES string of the molecule is CC(C)C1NSc2cnccc2N1. The molecule has 0 fully saturated rings. The van der Waals surface area contributed by atoms with Crippen molar-refractivity contribution in [1.82, 2.24) is 9.71 Å². The van der Waals surface area contributed by atoms with Crippen LogP contribution < -0.4 is 10.0 Å². The molecule has 1 aliphatic heterocycles. The lowest BCUT2D eigenvalue weighted by Gasteiger charge is -2.29. The lowest BCUT2D eigenvalue weighted by molar-refractivity contribution is 0.508. The molecule has 0 aromatic carbocycles. The third kappa shape index (κ3) is 1.78. The molecular weight excluding hydrogens is 182 g/mol. The molecule has 13 heavy (non-hydrogen) atoms. The molecule has 1 unspecified atom stereocenters. The van der Waals surface area contributed by atoms with Gasteiger partial charge in [0.2, 0.25) is 0 Å². The summed E-state index contributed by atoms with van der Waals surface area (Å²) in [6, 6.07) is 2.01. The van der Waals surface area contributed by atoms with Gasteiger partial charge in [-0.1, -0.05) is 13.8 Å². The van der Waals surface area contributed by atoms with Gasteiger partial charge in [0.05, 0.1) is 16.7 Å². The van der Waals surface area contributed by atoms with Crippen molar-refractivity contribution >= 4 is 17.6 Å². The summed E-state index contributed by atoms with van der Waals surface area (Å²) in [5.74, 6) is 0.578. The minimum Gasteiger partial charge on any atom is -0.368 e. The van der Waals surface area contributed by atoms with Crippen LogP contribution >= 0.6 is 11.9 Å². The van der Waals surface area contributed by atoms with Crippen LogP contribution in [0.5, 0.6) is 0 Å². The molecule has 1 aromatic heterocycles. The monoisotopic (exact) mass is 195 g/mol. The highest BCUT2D eigenvalue weighted by molar-refractivity contribution is 7.97. The molecule has 0 saturated heterocycles. The molecule has 1 aromatic rings. The van der Waals surface area contributed by atoms with Crippen LogP contribution in [0.15, 0.2) is 23.4 Å². The van der Waals surface area contributed by atoms with Crippen LogP contribution in [-0.2, 0) is 0 Å². The van der Waals surface area contributed by atoms with E-state index in [-0.39, 0.29) is 0 Å². The second kappa shape index (κ2) is 3.55. The molecule has 0 spiro atoms. The zero-order valence-corrected chi connectivity index (χ0v) is 8.56. The second-order valence-corrected chi connectivity index (χ2v) is 4.34. The van der Waals surface area contributed by atoms with Crippen LogP contribution in [0.25, 0.3) is 0 Å². The predicted octanol–water partition coefficient (Wildman–Crippen LogP) is 2.09. The fourth-order valence-corrected chi connectivity index (χ4v) is 2.14. The molecule has 0 saturated carbocycles. The Labute approximate surface area is 82.5 Å². The first-order chi connectivity index (χ1) is 6.27. The molecular formula is C9H13N3S. The van der Waals surface area contributed by atoms with Gasteiger partial charge in [0.1, 0.15) is 0 Å². The average Bonchev–Trinajstić information content (AvgIpc) is 2.17. The normalized spacial score (nSPS) is 21.0. The molecule has 0 bridgehead atoms. The minimum atomic E-state index is 0.347. The second-order valence-electron chi connectivity index (χ2n) is 3.46. The molecule has 2 N–H and O–H groups in total. The molecule has 0 aliphatic carbocycles. The van der Waals surface area contributed by atoms with E-state index in [2.05, 4.69) is 28.9 Å². The van der Waals surface area contributed by atoms with Crippen molar-refractivity contribution in [3.63, 3.8) is 0 Å². The zero-order valence-electron chi connectivity index (χ0n) is 7.74. The number of nitrogens with one attached hydrogen (secondary N) is 2. The summed E-state index contributed by atoms with van der Waals surface area (Å²) in [5, 5.41) is 3.42. The van der Waals surface area contributed by atoms with E-state index in [1.54, 1.807) is 11.9 Å². The molecule has 1 aliphatic rings. The topological polar surface area (TPSA) is 37.0 Å². The van der Waals surface area contributed by atoms with Crippen molar-refractivity contribution < 1.29 is 0 Å². The summed E-state index contributed by atoms with van der Waals surface area (Å²) in [6.45, 7) is 4.38. The Balaban J connectivity index is 2.20. The third-order valence-electron chi connectivity index (χ3n) is 2.06. The summed E-state index contributed by atoms with van der Waals surface area (Å²) < 4.78 is 3.34. The van der Waals surface area contributed by atoms with Crippen molar-refractivity contribution in [2.24, 2.45) is 5.92 Å². The first-order valence-corrected chi connectivity index (χ1v) is 5.22. The van der Waals surface area contributed by atoms with Crippen molar-refractivity contribution in [3.05, 3.63) is 18.5 Å². The Morgan fingerprint density at radius 2 is 2.38 bits per heavy atom. The van der Waals surface area contributed by atoms with Gasteiger partial charge in [-0.25, -0.2) is 4.72 Å². The summed E-state index contributed by atoms with van der Waals surface area (Å²) in [5.41, 5.74) is 1.18. The van der Waals surface area contributed by atoms with E-state index in [1.165, 1.54) is 10.6 Å². The maximum absolute atomic E-state index is 4.07. The first kappa shape index (κ1) is 8.84. The Hall–Kier alpha value is -0.740. The third-order valence-corrected chi connectivity index (χ3v) is 2.98. The van der Waals surface area contributed by atoms with Crippen molar-refractivity contribution in [2.75, 3.05) is 5.32 Å². The molecule has 2 rings (SSSR count). The maximum atomic E-state index is 4.07. The Bertz CT molecular complexity index is 301. The number of hydrogen-bond donors (Lipinski definition) is 2. The van der Waals surface area contributed by atoms with Crippen LogP contribution in [0.2, 0.25) is 0 Å². The van der Waals surface area contributed by atoms with E-state index in [1.807, 2.05) is 18.5 Å². The van der Waals surface area contributed by atoms with Crippen LogP contribution in [0, 0.1) is 5.92 Å². The van der Waals surface area contributed by atoms with E-state index in [4.69, 9.17) is 0 Å². The predicted molar refractivity (Wildman–Crippen MR) is 55.5 cm³/mol. The summed E-state index contributed by atoms with van der Waals surface area (Å²) in [7, 11) is 0. The molecule has 0 radical (unpaired) electrons. The van der Waals surface area contributed by atoms with Crippen LogP contribution in [0.3, 0.4) is 0 Å². The number of aromatic nitrogens is 1. The van der Waals surface area contributed by atoms with E-state index in [0.717, 1.165) is 0 Å². The van der Waals surface area contributed by atoms with Gasteiger partial charge in [-0.2, -0.15) is 0 Å². The van der Waals surface area contributed by atoms with E-state index in [9.17, 15) is 0 Å². The van der Waals surface area contributed by atoms with Crippen LogP contribution in [0.1, 0.15) is 13.8 Å².